The zero-order valence-corrected chi connectivity index (χ0v) is 22.3. The Hall–Kier alpha value is -3.17. The summed E-state index contributed by atoms with van der Waals surface area (Å²) in [5.41, 5.74) is 2.99. The average Bonchev–Trinajstić information content (AvgIpc) is 3.13. The molecule has 0 N–H and O–H groups in total. The van der Waals surface area contributed by atoms with Crippen LogP contribution in [0.5, 0.6) is 0 Å². The molecular formula is C27H29N5O2S2. The smallest absolute Gasteiger partial charge is 0.267 e. The van der Waals surface area contributed by atoms with Gasteiger partial charge >= 0.3 is 0 Å². The molecule has 0 radical (unpaired) electrons. The molecule has 0 atom stereocenters. The van der Waals surface area contributed by atoms with Crippen molar-refractivity contribution in [3.8, 4) is 0 Å². The van der Waals surface area contributed by atoms with E-state index in [0.717, 1.165) is 31.7 Å². The molecule has 186 valence electrons. The monoisotopic (exact) mass is 519 g/mol. The quantitative estimate of drug-likeness (QED) is 0.370. The summed E-state index contributed by atoms with van der Waals surface area (Å²) in [4.78, 5) is 38.5. The third-order valence-corrected chi connectivity index (χ3v) is 7.84. The summed E-state index contributed by atoms with van der Waals surface area (Å²) in [5.74, 6) is 0.766. The number of thiocarbonyl (C=S) groups is 1. The van der Waals surface area contributed by atoms with Crippen molar-refractivity contribution in [2.45, 2.75) is 20.8 Å². The molecule has 2 aromatic heterocycles. The van der Waals surface area contributed by atoms with Gasteiger partial charge in [0, 0.05) is 44.6 Å². The molecule has 36 heavy (non-hydrogen) atoms. The first-order chi connectivity index (χ1) is 17.3. The number of anilines is 2. The van der Waals surface area contributed by atoms with E-state index in [0.29, 0.717) is 38.7 Å². The number of benzene rings is 1. The van der Waals surface area contributed by atoms with Crippen molar-refractivity contribution in [1.82, 2.24) is 14.3 Å². The van der Waals surface area contributed by atoms with Crippen LogP contribution in [-0.2, 0) is 4.79 Å². The number of fused-ring (bicyclic) bond motifs is 1. The molecule has 1 aromatic carbocycles. The molecule has 3 aromatic rings. The number of para-hydroxylation sites is 1. The number of rotatable bonds is 5. The highest BCUT2D eigenvalue weighted by Gasteiger charge is 2.33. The lowest BCUT2D eigenvalue weighted by Gasteiger charge is -2.37. The number of aromatic nitrogens is 2. The maximum Gasteiger partial charge on any atom is 0.267 e. The Morgan fingerprint density at radius 3 is 2.42 bits per heavy atom. The molecule has 0 aliphatic carbocycles. The second kappa shape index (κ2) is 10.1. The number of hydrogen-bond donors (Lipinski definition) is 0. The molecule has 0 saturated carbocycles. The lowest BCUT2D eigenvalue weighted by Crippen LogP contribution is -2.47. The van der Waals surface area contributed by atoms with Crippen LogP contribution >= 0.6 is 24.0 Å². The maximum absolute atomic E-state index is 13.7. The zero-order chi connectivity index (χ0) is 25.4. The first kappa shape index (κ1) is 24.5. The highest BCUT2D eigenvalue weighted by molar-refractivity contribution is 8.26. The van der Waals surface area contributed by atoms with Gasteiger partial charge in [0.15, 0.2) is 0 Å². The van der Waals surface area contributed by atoms with Gasteiger partial charge in [0.25, 0.3) is 11.5 Å². The summed E-state index contributed by atoms with van der Waals surface area (Å²) in [5, 5.41) is 0. The van der Waals surface area contributed by atoms with E-state index < -0.39 is 0 Å². The Morgan fingerprint density at radius 1 is 1.03 bits per heavy atom. The first-order valence-electron chi connectivity index (χ1n) is 12.2. The van der Waals surface area contributed by atoms with Crippen LogP contribution in [0.3, 0.4) is 0 Å². The van der Waals surface area contributed by atoms with Gasteiger partial charge in [0.2, 0.25) is 0 Å². The van der Waals surface area contributed by atoms with Crippen molar-refractivity contribution in [1.29, 1.82) is 0 Å². The first-order valence-corrected chi connectivity index (χ1v) is 13.4. The van der Waals surface area contributed by atoms with Crippen LogP contribution in [0.2, 0.25) is 0 Å². The molecule has 2 aliphatic heterocycles. The fraction of sp³-hybridized carbons (Fsp3) is 0.333. The van der Waals surface area contributed by atoms with Crippen molar-refractivity contribution in [2.24, 2.45) is 5.92 Å². The van der Waals surface area contributed by atoms with Crippen LogP contribution in [0.25, 0.3) is 11.7 Å². The van der Waals surface area contributed by atoms with Gasteiger partial charge in [-0.15, -0.1) is 0 Å². The van der Waals surface area contributed by atoms with E-state index in [1.54, 1.807) is 21.6 Å². The Balaban J connectivity index is 1.54. The van der Waals surface area contributed by atoms with E-state index in [1.807, 2.05) is 37.3 Å². The predicted octanol–water partition coefficient (Wildman–Crippen LogP) is 4.19. The number of pyridine rings is 1. The van der Waals surface area contributed by atoms with Crippen molar-refractivity contribution in [2.75, 3.05) is 42.5 Å². The standard InChI is InChI=1S/C27H29N5O2S2/c1-18(2)17-32-26(34)22(36-27(32)35)16-21-24(28-23-19(3)8-7-11-31(23)25(21)33)30-14-12-29(13-15-30)20-9-5-4-6-10-20/h4-11,16,18H,12-15,17H2,1-3H3. The summed E-state index contributed by atoms with van der Waals surface area (Å²) in [6.07, 6.45) is 3.43. The molecule has 5 rings (SSSR count). The second-order valence-corrected chi connectivity index (χ2v) is 11.2. The van der Waals surface area contributed by atoms with Crippen LogP contribution < -0.4 is 15.4 Å². The molecule has 4 heterocycles. The minimum atomic E-state index is -0.182. The summed E-state index contributed by atoms with van der Waals surface area (Å²) in [7, 11) is 0. The third kappa shape index (κ3) is 4.65. The van der Waals surface area contributed by atoms with Gasteiger partial charge < -0.3 is 9.80 Å². The number of carbonyl (C=O) groups excluding carboxylic acids is 1. The molecule has 0 unspecified atom stereocenters. The van der Waals surface area contributed by atoms with Crippen LogP contribution in [-0.4, -0.2) is 57.2 Å². The van der Waals surface area contributed by atoms with E-state index in [4.69, 9.17) is 17.2 Å². The summed E-state index contributed by atoms with van der Waals surface area (Å²) in [6, 6.07) is 14.1. The molecular weight excluding hydrogens is 490 g/mol. The van der Waals surface area contributed by atoms with Gasteiger partial charge in [-0.05, 0) is 42.7 Å². The number of carbonyl (C=O) groups is 1. The van der Waals surface area contributed by atoms with E-state index >= 15 is 0 Å². The summed E-state index contributed by atoms with van der Waals surface area (Å²) >= 11 is 6.74. The van der Waals surface area contributed by atoms with Gasteiger partial charge in [-0.1, -0.05) is 62.1 Å². The third-order valence-electron chi connectivity index (χ3n) is 6.46. The van der Waals surface area contributed by atoms with E-state index in [2.05, 4.69) is 35.8 Å². The maximum atomic E-state index is 13.7. The van der Waals surface area contributed by atoms with Crippen LogP contribution in [0, 0.1) is 12.8 Å². The molecule has 2 aliphatic rings. The zero-order valence-electron chi connectivity index (χ0n) is 20.7. The number of piperazine rings is 1. The topological polar surface area (TPSA) is 61.2 Å². The second-order valence-electron chi connectivity index (χ2n) is 9.53. The van der Waals surface area contributed by atoms with Crippen molar-refractivity contribution in [3.63, 3.8) is 0 Å². The summed E-state index contributed by atoms with van der Waals surface area (Å²) in [6.45, 7) is 9.69. The van der Waals surface area contributed by atoms with Crippen LogP contribution in [0.4, 0.5) is 11.5 Å². The molecule has 0 spiro atoms. The average molecular weight is 520 g/mol. The molecule has 1 amide bonds. The molecule has 0 bridgehead atoms. The largest absolute Gasteiger partial charge is 0.368 e. The highest BCUT2D eigenvalue weighted by atomic mass is 32.2. The van der Waals surface area contributed by atoms with Gasteiger partial charge in [-0.2, -0.15) is 0 Å². The molecule has 9 heteroatoms. The van der Waals surface area contributed by atoms with Crippen LogP contribution in [0.15, 0.2) is 58.4 Å². The fourth-order valence-electron chi connectivity index (χ4n) is 4.64. The minimum Gasteiger partial charge on any atom is -0.368 e. The van der Waals surface area contributed by atoms with Crippen molar-refractivity contribution < 1.29 is 4.79 Å². The Kier molecular flexibility index (Phi) is 6.85. The Bertz CT molecular complexity index is 1410. The summed E-state index contributed by atoms with van der Waals surface area (Å²) < 4.78 is 2.10. The fourth-order valence-corrected chi connectivity index (χ4v) is 5.89. The van der Waals surface area contributed by atoms with E-state index in [-0.39, 0.29) is 11.5 Å². The van der Waals surface area contributed by atoms with Gasteiger partial charge in [0.05, 0.1) is 10.5 Å². The normalized spacial score (nSPS) is 17.8. The van der Waals surface area contributed by atoms with E-state index in [1.165, 1.54) is 17.4 Å². The highest BCUT2D eigenvalue weighted by Crippen LogP contribution is 2.34. The lowest BCUT2D eigenvalue weighted by molar-refractivity contribution is -0.122. The molecule has 2 saturated heterocycles. The van der Waals surface area contributed by atoms with Crippen molar-refractivity contribution >= 4 is 57.4 Å². The van der Waals surface area contributed by atoms with Crippen molar-refractivity contribution in [3.05, 3.63) is 75.0 Å². The number of hydrogen-bond acceptors (Lipinski definition) is 7. The minimum absolute atomic E-state index is 0.146. The number of amides is 1. The molecule has 7 nitrogen and oxygen atoms in total. The number of aryl methyl sites for hydroxylation is 1. The predicted molar refractivity (Wildman–Crippen MR) is 152 cm³/mol. The van der Waals surface area contributed by atoms with Crippen LogP contribution in [0.1, 0.15) is 25.0 Å². The van der Waals surface area contributed by atoms with E-state index in [9.17, 15) is 9.59 Å². The number of nitrogens with zero attached hydrogens (tertiary/aromatic N) is 5. The Morgan fingerprint density at radius 2 is 1.72 bits per heavy atom. The number of thioether (sulfide) groups is 1. The van der Waals surface area contributed by atoms with Gasteiger partial charge in [0.1, 0.15) is 15.8 Å². The molecule has 2 fully saturated rings. The lowest BCUT2D eigenvalue weighted by atomic mass is 10.2. The van der Waals surface area contributed by atoms with Gasteiger partial charge in [-0.3, -0.25) is 18.9 Å². The SMILES string of the molecule is Cc1cccn2c(=O)c(C=C3SC(=S)N(CC(C)C)C3=O)c(N3CCN(c4ccccc4)CC3)nc12. The van der Waals surface area contributed by atoms with Gasteiger partial charge in [-0.25, -0.2) is 4.98 Å². The Labute approximate surface area is 220 Å².